The number of aromatic nitrogens is 6. The number of pyridine rings is 1. The summed E-state index contributed by atoms with van der Waals surface area (Å²) in [5.74, 6) is -1.63. The van der Waals surface area contributed by atoms with E-state index >= 15 is 0 Å². The van der Waals surface area contributed by atoms with Crippen LogP contribution in [-0.2, 0) is 0 Å². The number of fused-ring (bicyclic) bond motifs is 6. The van der Waals surface area contributed by atoms with Crippen molar-refractivity contribution in [2.45, 2.75) is 0 Å². The van der Waals surface area contributed by atoms with Crippen LogP contribution in [0.25, 0.3) is 78.2 Å². The van der Waals surface area contributed by atoms with E-state index in [-0.39, 0.29) is 44.0 Å². The Kier molecular flexibility index (Phi) is 2.62. The van der Waals surface area contributed by atoms with Gasteiger partial charge in [0.2, 0.25) is 5.95 Å². The number of nitrogens with zero attached hydrogens (tertiary/aromatic N) is 6. The van der Waals surface area contributed by atoms with Gasteiger partial charge in [-0.05, 0) is 42.3 Å². The molecule has 4 heterocycles. The van der Waals surface area contributed by atoms with Crippen LogP contribution in [0.2, 0.25) is 0 Å². The summed E-state index contributed by atoms with van der Waals surface area (Å²) >= 11 is 0. The molecule has 6 heteroatoms. The van der Waals surface area contributed by atoms with Gasteiger partial charge in [0.1, 0.15) is 5.65 Å². The van der Waals surface area contributed by atoms with E-state index < -0.39 is 155 Å². The van der Waals surface area contributed by atoms with Crippen molar-refractivity contribution < 1.29 is 27.4 Å². The Hall–Kier alpha value is -6.14. The van der Waals surface area contributed by atoms with Crippen LogP contribution in [0.4, 0.5) is 0 Å². The van der Waals surface area contributed by atoms with Gasteiger partial charge in [-0.25, -0.2) is 9.97 Å². The fraction of sp³-hybridized carbons (Fsp3) is 0. The van der Waals surface area contributed by atoms with Crippen LogP contribution in [0.15, 0.2) is 145 Å². The van der Waals surface area contributed by atoms with Gasteiger partial charge >= 0.3 is 0 Å². The quantitative estimate of drug-likeness (QED) is 0.207. The van der Waals surface area contributed by atoms with Crippen molar-refractivity contribution in [3.8, 4) is 34.4 Å². The van der Waals surface area contributed by atoms with Crippen molar-refractivity contribution in [1.29, 1.82) is 0 Å². The van der Waals surface area contributed by atoms with E-state index in [1.807, 2.05) is 0 Å². The van der Waals surface area contributed by atoms with Gasteiger partial charge in [0.15, 0.2) is 11.6 Å². The van der Waals surface area contributed by atoms with E-state index in [0.29, 0.717) is 0 Å². The zero-order chi connectivity index (χ0) is 46.4. The van der Waals surface area contributed by atoms with E-state index in [9.17, 15) is 0 Å². The predicted octanol–water partition coefficient (Wildman–Crippen LogP) is 8.79. The highest BCUT2D eigenvalue weighted by atomic mass is 15.2. The largest absolute Gasteiger partial charge is 0.293 e. The molecule has 44 heavy (non-hydrogen) atoms. The third-order valence-electron chi connectivity index (χ3n) is 6.95. The molecule has 0 aliphatic carbocycles. The molecule has 0 radical (unpaired) electrons. The van der Waals surface area contributed by atoms with Crippen molar-refractivity contribution in [1.82, 2.24) is 29.1 Å². The van der Waals surface area contributed by atoms with Crippen LogP contribution >= 0.6 is 0 Å². The van der Waals surface area contributed by atoms with Gasteiger partial charge in [0.25, 0.3) is 0 Å². The minimum Gasteiger partial charge on any atom is -0.293 e. The fourth-order valence-corrected chi connectivity index (χ4v) is 5.15. The molecule has 0 saturated heterocycles. The average Bonchev–Trinajstić information content (AvgIpc) is 3.82. The number of hydrogen-bond donors (Lipinski definition) is 0. The fourth-order valence-electron chi connectivity index (χ4n) is 5.15. The lowest BCUT2D eigenvalue weighted by Gasteiger charge is -2.14. The van der Waals surface area contributed by atoms with Gasteiger partial charge in [0, 0.05) is 38.8 Å². The van der Waals surface area contributed by atoms with Gasteiger partial charge in [-0.2, -0.15) is 9.97 Å². The van der Waals surface area contributed by atoms with Crippen molar-refractivity contribution in [2.24, 2.45) is 0 Å². The minimum atomic E-state index is -0.781. The first kappa shape index (κ1) is 11.9. The van der Waals surface area contributed by atoms with E-state index in [2.05, 4.69) is 19.9 Å². The molecule has 0 bridgehead atoms. The first-order valence-corrected chi connectivity index (χ1v) is 13.0. The van der Waals surface area contributed by atoms with Crippen LogP contribution in [0.1, 0.15) is 27.4 Å². The Morgan fingerprint density at radius 1 is 0.500 bits per heavy atom. The summed E-state index contributed by atoms with van der Waals surface area (Å²) in [6.07, 6.45) is -0.666. The molecule has 0 spiro atoms. The molecule has 0 saturated carbocycles. The second-order valence-corrected chi connectivity index (χ2v) is 9.31. The van der Waals surface area contributed by atoms with Crippen LogP contribution in [0.5, 0.6) is 0 Å². The Labute approximate surface area is 280 Å². The summed E-state index contributed by atoms with van der Waals surface area (Å²) in [7, 11) is 0. The number of rotatable bonds is 4. The van der Waals surface area contributed by atoms with Gasteiger partial charge in [0.05, 0.1) is 49.7 Å². The van der Waals surface area contributed by atoms with Crippen molar-refractivity contribution in [2.75, 3.05) is 0 Å². The summed E-state index contributed by atoms with van der Waals surface area (Å²) in [5, 5.41) is -1.07. The molecule has 0 atom stereocenters. The third kappa shape index (κ3) is 3.68. The maximum Gasteiger partial charge on any atom is 0.238 e. The van der Waals surface area contributed by atoms with E-state index in [0.717, 1.165) is 4.57 Å². The first-order valence-electron chi connectivity index (χ1n) is 23.0. The smallest absolute Gasteiger partial charge is 0.238 e. The lowest BCUT2D eigenvalue weighted by molar-refractivity contribution is 0.951. The lowest BCUT2D eigenvalue weighted by atomic mass is 10.1. The summed E-state index contributed by atoms with van der Waals surface area (Å²) in [5.41, 5.74) is -1.93. The first-order chi connectivity index (χ1) is 30.1. The highest BCUT2D eigenvalue weighted by Crippen LogP contribution is 2.36. The van der Waals surface area contributed by atoms with Crippen molar-refractivity contribution >= 4 is 43.7 Å². The molecule has 0 aliphatic heterocycles. The van der Waals surface area contributed by atoms with E-state index in [4.69, 9.17) is 27.4 Å². The van der Waals surface area contributed by atoms with E-state index in [1.165, 1.54) is 28.8 Å². The second-order valence-electron chi connectivity index (χ2n) is 9.31. The summed E-state index contributed by atoms with van der Waals surface area (Å²) in [4.78, 5) is 18.0. The molecule has 6 nitrogen and oxygen atoms in total. The topological polar surface area (TPSA) is 61.4 Å². The summed E-state index contributed by atoms with van der Waals surface area (Å²) < 4.78 is 175. The molecular formula is C38H24N6. The highest BCUT2D eigenvalue weighted by Gasteiger charge is 2.21. The molecule has 9 aromatic rings. The molecule has 5 aromatic carbocycles. The Morgan fingerprint density at radius 3 is 1.80 bits per heavy atom. The Bertz CT molecular complexity index is 3530. The highest BCUT2D eigenvalue weighted by molar-refractivity contribution is 6.09. The average molecular weight is 585 g/mol. The van der Waals surface area contributed by atoms with Crippen LogP contribution in [-0.4, -0.2) is 29.1 Å². The van der Waals surface area contributed by atoms with Gasteiger partial charge < -0.3 is 0 Å². The number of benzene rings is 5. The number of para-hydroxylation sites is 4. The van der Waals surface area contributed by atoms with Crippen LogP contribution in [0.3, 0.4) is 0 Å². The monoisotopic (exact) mass is 584 g/mol. The van der Waals surface area contributed by atoms with Gasteiger partial charge in [-0.15, -0.1) is 0 Å². The van der Waals surface area contributed by atoms with Crippen LogP contribution < -0.4 is 0 Å². The molecular weight excluding hydrogens is 540 g/mol. The molecule has 9 rings (SSSR count). The van der Waals surface area contributed by atoms with Gasteiger partial charge in [-0.1, -0.05) is 96.7 Å². The minimum absolute atomic E-state index is 0.0215. The zero-order valence-corrected chi connectivity index (χ0v) is 22.0. The molecule has 0 amide bonds. The maximum absolute atomic E-state index is 9.04. The normalized spacial score (nSPS) is 18.0. The maximum atomic E-state index is 9.04. The third-order valence-corrected chi connectivity index (χ3v) is 6.95. The van der Waals surface area contributed by atoms with Gasteiger partial charge in [-0.3, -0.25) is 9.13 Å². The SMILES string of the molecule is [2H]c1nc2c(c([2H])c1[2H])c1c([2H])c([2H])c([2H])c([2H])c1n2-c1ccccc1-c1nc(-c2c([2H])c([2H])c([2H])c([2H])c2[2H])nc(-n2c3c([2H])c([2H])c([2H])c([2H])c3c3c([2H])c([2H])c([2H])c([2H])c32)n1. The van der Waals surface area contributed by atoms with Crippen molar-refractivity contribution in [3.63, 3.8) is 0 Å². The van der Waals surface area contributed by atoms with E-state index in [1.54, 1.807) is 0 Å². The van der Waals surface area contributed by atoms with Crippen LogP contribution in [0, 0.1) is 0 Å². The molecule has 4 aromatic heterocycles. The zero-order valence-electron chi connectivity index (χ0n) is 42.0. The molecule has 206 valence electrons. The lowest BCUT2D eigenvalue weighted by Crippen LogP contribution is -2.07. The molecule has 0 aliphatic rings. The molecule has 0 unspecified atom stereocenters. The summed E-state index contributed by atoms with van der Waals surface area (Å²) in [6, 6.07) is -7.39. The molecule has 0 fully saturated rings. The second kappa shape index (κ2) is 9.71. The van der Waals surface area contributed by atoms with Crippen molar-refractivity contribution in [3.05, 3.63) is 145 Å². The number of hydrogen-bond acceptors (Lipinski definition) is 4. The Morgan fingerprint density at radius 2 is 1.07 bits per heavy atom. The Balaban J connectivity index is 1.51. The molecule has 0 N–H and O–H groups in total. The summed E-state index contributed by atoms with van der Waals surface area (Å²) in [6.45, 7) is 0. The standard InChI is InChI=1S/C38H24N6/c1-2-13-25(14-3-1)35-40-36(42-38(41-35)44-32-21-9-4-15-26(32)27-16-5-10-22-33(27)44)30-18-7-11-23-34(30)43-31-20-8-6-17-28(31)29-19-12-24-39-37(29)43/h1-24H/i1D,2D,3D,4D,5D,6D,8D,9D,10D,12D,13D,14D,15D,16D,17D,19D,20D,21D,22D,24D. The predicted molar refractivity (Wildman–Crippen MR) is 177 cm³/mol.